The average Bonchev–Trinajstić information content (AvgIpc) is 2.88. The first kappa shape index (κ1) is 10.9. The monoisotopic (exact) mass is 237 g/mol. The normalized spacial score (nSPS) is 14.6. The molecule has 2 aromatic rings. The highest BCUT2D eigenvalue weighted by Gasteiger charge is 2.39. The first-order valence-electron chi connectivity index (χ1n) is 4.71. The molecule has 1 atom stereocenters. The predicted octanol–water partition coefficient (Wildman–Crippen LogP) is 1.82. The smallest absolute Gasteiger partial charge is 0.332 e. The average molecular weight is 237 g/mol. The van der Waals surface area contributed by atoms with E-state index in [0.717, 1.165) is 4.88 Å². The number of rotatable bonds is 4. The molecular formula is C11H11NO3S. The summed E-state index contributed by atoms with van der Waals surface area (Å²) < 4.78 is 5.11. The van der Waals surface area contributed by atoms with Crippen molar-refractivity contribution in [3.63, 3.8) is 0 Å². The summed E-state index contributed by atoms with van der Waals surface area (Å²) in [5, 5.41) is 11.1. The maximum atomic E-state index is 11.3. The molecule has 1 unspecified atom stereocenters. The van der Waals surface area contributed by atoms with Gasteiger partial charge in [0.15, 0.2) is 5.54 Å². The summed E-state index contributed by atoms with van der Waals surface area (Å²) in [6.45, 7) is 0. The van der Waals surface area contributed by atoms with E-state index >= 15 is 0 Å². The minimum absolute atomic E-state index is 0.230. The number of hydrogen-bond acceptors (Lipinski definition) is 4. The van der Waals surface area contributed by atoms with Gasteiger partial charge in [0.25, 0.3) is 0 Å². The van der Waals surface area contributed by atoms with Crippen LogP contribution in [0.2, 0.25) is 0 Å². The number of carbonyl (C=O) groups is 1. The lowest BCUT2D eigenvalue weighted by Crippen LogP contribution is -2.46. The van der Waals surface area contributed by atoms with Crippen LogP contribution in [0.4, 0.5) is 0 Å². The van der Waals surface area contributed by atoms with Crippen molar-refractivity contribution >= 4 is 17.3 Å². The fourth-order valence-corrected chi connectivity index (χ4v) is 2.29. The second-order valence-corrected chi connectivity index (χ2v) is 4.54. The van der Waals surface area contributed by atoms with Gasteiger partial charge >= 0.3 is 5.97 Å². The summed E-state index contributed by atoms with van der Waals surface area (Å²) in [7, 11) is 0. The molecule has 0 fully saturated rings. The van der Waals surface area contributed by atoms with E-state index in [1.807, 2.05) is 17.5 Å². The Hall–Kier alpha value is -1.59. The van der Waals surface area contributed by atoms with Crippen LogP contribution in [0.3, 0.4) is 0 Å². The van der Waals surface area contributed by atoms with Crippen molar-refractivity contribution in [2.24, 2.45) is 5.73 Å². The predicted molar refractivity (Wildman–Crippen MR) is 60.2 cm³/mol. The molecule has 0 saturated heterocycles. The molecule has 0 aliphatic heterocycles. The van der Waals surface area contributed by atoms with Gasteiger partial charge in [-0.2, -0.15) is 0 Å². The van der Waals surface area contributed by atoms with E-state index < -0.39 is 11.5 Å². The number of aliphatic carboxylic acids is 1. The summed E-state index contributed by atoms with van der Waals surface area (Å²) in [5.74, 6) is -0.816. The number of carboxylic acids is 1. The first-order chi connectivity index (χ1) is 7.63. The van der Waals surface area contributed by atoms with Crippen LogP contribution in [-0.2, 0) is 16.8 Å². The number of hydrogen-bond donors (Lipinski definition) is 2. The van der Waals surface area contributed by atoms with Gasteiger partial charge in [-0.3, -0.25) is 0 Å². The molecule has 0 radical (unpaired) electrons. The minimum Gasteiger partial charge on any atom is -0.480 e. The molecule has 0 amide bonds. The number of thiophene rings is 1. The number of furan rings is 1. The molecule has 4 nitrogen and oxygen atoms in total. The third-order valence-electron chi connectivity index (χ3n) is 2.38. The minimum atomic E-state index is -1.49. The van der Waals surface area contributed by atoms with Crippen LogP contribution < -0.4 is 5.73 Å². The molecule has 84 valence electrons. The van der Waals surface area contributed by atoms with Gasteiger partial charge in [-0.05, 0) is 23.6 Å². The largest absolute Gasteiger partial charge is 0.480 e. The van der Waals surface area contributed by atoms with Gasteiger partial charge in [0, 0.05) is 11.3 Å². The molecule has 0 spiro atoms. The van der Waals surface area contributed by atoms with Gasteiger partial charge in [0.1, 0.15) is 5.76 Å². The Balaban J connectivity index is 2.33. The zero-order chi connectivity index (χ0) is 11.6. The lowest BCUT2D eigenvalue weighted by atomic mass is 9.93. The maximum absolute atomic E-state index is 11.3. The van der Waals surface area contributed by atoms with Gasteiger partial charge in [-0.1, -0.05) is 6.07 Å². The van der Waals surface area contributed by atoms with E-state index in [4.69, 9.17) is 10.2 Å². The van der Waals surface area contributed by atoms with Crippen molar-refractivity contribution in [2.45, 2.75) is 12.0 Å². The first-order valence-corrected chi connectivity index (χ1v) is 5.59. The summed E-state index contributed by atoms with van der Waals surface area (Å²) in [6, 6.07) is 6.94. The molecule has 0 bridgehead atoms. The highest BCUT2D eigenvalue weighted by atomic mass is 32.1. The van der Waals surface area contributed by atoms with E-state index in [2.05, 4.69) is 0 Å². The van der Waals surface area contributed by atoms with Crippen LogP contribution in [0.1, 0.15) is 10.6 Å². The van der Waals surface area contributed by atoms with Crippen LogP contribution in [0.25, 0.3) is 0 Å². The molecule has 0 saturated carbocycles. The second kappa shape index (κ2) is 4.11. The zero-order valence-corrected chi connectivity index (χ0v) is 9.24. The fraction of sp³-hybridized carbons (Fsp3) is 0.182. The van der Waals surface area contributed by atoms with Crippen molar-refractivity contribution in [1.82, 2.24) is 0 Å². The van der Waals surface area contributed by atoms with Gasteiger partial charge in [-0.15, -0.1) is 11.3 Å². The van der Waals surface area contributed by atoms with Crippen LogP contribution in [0.15, 0.2) is 40.3 Å². The number of carboxylic acid groups (broad SMARTS) is 1. The quantitative estimate of drug-likeness (QED) is 0.850. The van der Waals surface area contributed by atoms with Crippen LogP contribution in [0.5, 0.6) is 0 Å². The Bertz CT molecular complexity index is 463. The van der Waals surface area contributed by atoms with Crippen LogP contribution in [0, 0.1) is 0 Å². The van der Waals surface area contributed by atoms with Crippen molar-refractivity contribution in [3.05, 3.63) is 46.5 Å². The van der Waals surface area contributed by atoms with E-state index in [1.54, 1.807) is 12.1 Å². The molecular weight excluding hydrogens is 226 g/mol. The van der Waals surface area contributed by atoms with Crippen LogP contribution >= 0.6 is 11.3 Å². The molecule has 16 heavy (non-hydrogen) atoms. The molecule has 0 aromatic carbocycles. The molecule has 2 aromatic heterocycles. The third kappa shape index (κ3) is 1.87. The van der Waals surface area contributed by atoms with Crippen molar-refractivity contribution in [1.29, 1.82) is 0 Å². The molecule has 0 aliphatic carbocycles. The lowest BCUT2D eigenvalue weighted by Gasteiger charge is -2.21. The highest BCUT2D eigenvalue weighted by Crippen LogP contribution is 2.26. The van der Waals surface area contributed by atoms with Gasteiger partial charge in [0.2, 0.25) is 0 Å². The van der Waals surface area contributed by atoms with E-state index in [9.17, 15) is 9.90 Å². The summed E-state index contributed by atoms with van der Waals surface area (Å²) in [6.07, 6.45) is 1.65. The highest BCUT2D eigenvalue weighted by molar-refractivity contribution is 7.09. The fourth-order valence-electron chi connectivity index (χ4n) is 1.49. The van der Waals surface area contributed by atoms with E-state index in [-0.39, 0.29) is 12.2 Å². The topological polar surface area (TPSA) is 76.5 Å². The SMILES string of the molecule is NC(Cc1cccs1)(C(=O)O)c1ccco1. The van der Waals surface area contributed by atoms with Crippen molar-refractivity contribution < 1.29 is 14.3 Å². The molecule has 0 aliphatic rings. The third-order valence-corrected chi connectivity index (χ3v) is 3.25. The van der Waals surface area contributed by atoms with Gasteiger partial charge in [-0.25, -0.2) is 4.79 Å². The second-order valence-electron chi connectivity index (χ2n) is 3.51. The number of nitrogens with two attached hydrogens (primary N) is 1. The summed E-state index contributed by atoms with van der Waals surface area (Å²) in [4.78, 5) is 12.2. The zero-order valence-electron chi connectivity index (χ0n) is 8.42. The van der Waals surface area contributed by atoms with Crippen molar-refractivity contribution in [2.75, 3.05) is 0 Å². The molecule has 3 N–H and O–H groups in total. The maximum Gasteiger partial charge on any atom is 0.332 e. The molecule has 2 heterocycles. The van der Waals surface area contributed by atoms with Crippen molar-refractivity contribution in [3.8, 4) is 0 Å². The Morgan fingerprint density at radius 3 is 2.81 bits per heavy atom. The molecule has 5 heteroatoms. The lowest BCUT2D eigenvalue weighted by molar-refractivity contribution is -0.144. The van der Waals surface area contributed by atoms with E-state index in [1.165, 1.54) is 17.6 Å². The Morgan fingerprint density at radius 2 is 2.31 bits per heavy atom. The standard InChI is InChI=1S/C11H11NO3S/c12-11(10(13)14,9-4-1-5-15-9)7-8-3-2-6-16-8/h1-6H,7,12H2,(H,13,14). The Morgan fingerprint density at radius 1 is 1.50 bits per heavy atom. The molecule has 2 rings (SSSR count). The van der Waals surface area contributed by atoms with Crippen LogP contribution in [-0.4, -0.2) is 11.1 Å². The Kier molecular flexibility index (Phi) is 2.80. The van der Waals surface area contributed by atoms with E-state index in [0.29, 0.717) is 0 Å². The Labute approximate surface area is 96.3 Å². The van der Waals surface area contributed by atoms with Gasteiger partial charge in [0.05, 0.1) is 6.26 Å². The summed E-state index contributed by atoms with van der Waals surface area (Å²) >= 11 is 1.48. The summed E-state index contributed by atoms with van der Waals surface area (Å²) in [5.41, 5.74) is 4.42. The van der Waals surface area contributed by atoms with Gasteiger partial charge < -0.3 is 15.3 Å².